The van der Waals surface area contributed by atoms with Crippen molar-refractivity contribution >= 4 is 30.2 Å². The summed E-state index contributed by atoms with van der Waals surface area (Å²) in [5.41, 5.74) is 0. The smallest absolute Gasteiger partial charge is 0.303 e. The molecule has 0 aliphatic carbocycles. The number of ether oxygens (including phenoxy) is 4. The Morgan fingerprint density at radius 3 is 1.43 bits per heavy atom. The third-order valence-corrected chi connectivity index (χ3v) is 2.50. The molecule has 0 radical (unpaired) electrons. The zero-order valence-electron chi connectivity index (χ0n) is 13.6. The van der Waals surface area contributed by atoms with Gasteiger partial charge in [0.15, 0.2) is 24.6 Å². The van der Waals surface area contributed by atoms with Gasteiger partial charge in [0.2, 0.25) is 0 Å². The Bertz CT molecular complexity index is 471. The summed E-state index contributed by atoms with van der Waals surface area (Å²) in [6.07, 6.45) is -5.16. The maximum absolute atomic E-state index is 11.3. The minimum Gasteiger partial charge on any atom is -0.459 e. The Morgan fingerprint density at radius 2 is 1.09 bits per heavy atom. The molecule has 0 aliphatic heterocycles. The van der Waals surface area contributed by atoms with Gasteiger partial charge in [0.1, 0.15) is 6.10 Å². The van der Waals surface area contributed by atoms with Crippen LogP contribution in [0, 0.1) is 0 Å². The first-order valence-corrected chi connectivity index (χ1v) is 6.72. The highest BCUT2D eigenvalue weighted by atomic mass is 16.6. The molecule has 9 nitrogen and oxygen atoms in total. The fourth-order valence-electron chi connectivity index (χ4n) is 1.83. The summed E-state index contributed by atoms with van der Waals surface area (Å²) < 4.78 is 19.6. The van der Waals surface area contributed by atoms with Crippen LogP contribution in [-0.2, 0) is 42.9 Å². The molecule has 0 aromatic carbocycles. The largest absolute Gasteiger partial charge is 0.459 e. The quantitative estimate of drug-likeness (QED) is 0.341. The third kappa shape index (κ3) is 7.93. The van der Waals surface area contributed by atoms with Crippen LogP contribution in [0.15, 0.2) is 0 Å². The number of carbonyl (C=O) groups is 5. The van der Waals surface area contributed by atoms with Crippen molar-refractivity contribution in [2.45, 2.75) is 59.0 Å². The summed E-state index contributed by atoms with van der Waals surface area (Å²) >= 11 is 0. The molecule has 0 aromatic heterocycles. The van der Waals surface area contributed by atoms with E-state index in [2.05, 4.69) is 0 Å². The van der Waals surface area contributed by atoms with Crippen molar-refractivity contribution in [2.24, 2.45) is 0 Å². The zero-order chi connectivity index (χ0) is 18.2. The van der Waals surface area contributed by atoms with Gasteiger partial charge >= 0.3 is 23.9 Å². The number of aldehydes is 1. The van der Waals surface area contributed by atoms with Gasteiger partial charge in [0, 0.05) is 27.7 Å². The lowest BCUT2D eigenvalue weighted by Gasteiger charge is -2.32. The van der Waals surface area contributed by atoms with Gasteiger partial charge in [-0.05, 0) is 6.92 Å². The van der Waals surface area contributed by atoms with Crippen LogP contribution in [0.3, 0.4) is 0 Å². The van der Waals surface area contributed by atoms with Crippen LogP contribution in [-0.4, -0.2) is 54.6 Å². The molecular formula is C14H20O9. The maximum Gasteiger partial charge on any atom is 0.303 e. The molecule has 0 bridgehead atoms. The minimum absolute atomic E-state index is 0.228. The molecule has 0 rings (SSSR count). The minimum atomic E-state index is -1.53. The molecule has 0 aliphatic rings. The second-order valence-corrected chi connectivity index (χ2v) is 4.67. The average Bonchev–Trinajstić information content (AvgIpc) is 2.38. The van der Waals surface area contributed by atoms with E-state index in [4.69, 9.17) is 18.9 Å². The highest BCUT2D eigenvalue weighted by Crippen LogP contribution is 2.18. The molecule has 130 valence electrons. The molecule has 9 heteroatoms. The molecule has 0 aromatic rings. The van der Waals surface area contributed by atoms with E-state index in [1.54, 1.807) is 0 Å². The lowest BCUT2D eigenvalue weighted by Crippen LogP contribution is -2.51. The fourth-order valence-corrected chi connectivity index (χ4v) is 1.83. The van der Waals surface area contributed by atoms with E-state index >= 15 is 0 Å². The molecular weight excluding hydrogens is 312 g/mol. The van der Waals surface area contributed by atoms with Crippen LogP contribution < -0.4 is 0 Å². The van der Waals surface area contributed by atoms with E-state index in [9.17, 15) is 24.0 Å². The van der Waals surface area contributed by atoms with E-state index in [1.165, 1.54) is 6.92 Å². The fraction of sp³-hybridized carbons (Fsp3) is 0.643. The monoisotopic (exact) mass is 332 g/mol. The van der Waals surface area contributed by atoms with Crippen LogP contribution in [0.25, 0.3) is 0 Å². The molecule has 0 amide bonds. The van der Waals surface area contributed by atoms with E-state index in [0.717, 1.165) is 27.7 Å². The van der Waals surface area contributed by atoms with Gasteiger partial charge in [0.05, 0.1) is 0 Å². The van der Waals surface area contributed by atoms with Crippen molar-refractivity contribution < 1.29 is 42.9 Å². The first-order valence-electron chi connectivity index (χ1n) is 6.72. The molecule has 0 heterocycles. The molecule has 0 N–H and O–H groups in total. The van der Waals surface area contributed by atoms with Crippen molar-refractivity contribution in [3.05, 3.63) is 0 Å². The number of rotatable bonds is 8. The summed E-state index contributed by atoms with van der Waals surface area (Å²) in [6, 6.07) is 0. The molecule has 23 heavy (non-hydrogen) atoms. The van der Waals surface area contributed by atoms with Gasteiger partial charge in [-0.2, -0.15) is 0 Å². The lowest BCUT2D eigenvalue weighted by molar-refractivity contribution is -0.195. The van der Waals surface area contributed by atoms with Crippen molar-refractivity contribution in [2.75, 3.05) is 0 Å². The van der Waals surface area contributed by atoms with E-state index < -0.39 is 48.3 Å². The van der Waals surface area contributed by atoms with Gasteiger partial charge in [-0.25, -0.2) is 0 Å². The highest BCUT2D eigenvalue weighted by Gasteiger charge is 2.41. The Kier molecular flexibility index (Phi) is 8.53. The summed E-state index contributed by atoms with van der Waals surface area (Å²) in [5, 5.41) is 0. The summed E-state index contributed by atoms with van der Waals surface area (Å²) in [6.45, 7) is 5.70. The second kappa shape index (κ2) is 9.54. The summed E-state index contributed by atoms with van der Waals surface area (Å²) in [7, 11) is 0. The van der Waals surface area contributed by atoms with Gasteiger partial charge in [-0.15, -0.1) is 0 Å². The Morgan fingerprint density at radius 1 is 0.696 bits per heavy atom. The Balaban J connectivity index is 5.62. The van der Waals surface area contributed by atoms with E-state index in [1.807, 2.05) is 0 Å². The van der Waals surface area contributed by atoms with Crippen molar-refractivity contribution in [3.63, 3.8) is 0 Å². The first kappa shape index (κ1) is 20.6. The van der Waals surface area contributed by atoms with E-state index in [0.29, 0.717) is 0 Å². The van der Waals surface area contributed by atoms with Crippen LogP contribution in [0.2, 0.25) is 0 Å². The number of hydrogen-bond donors (Lipinski definition) is 0. The first-order chi connectivity index (χ1) is 10.6. The molecule has 0 spiro atoms. The number of carbonyl (C=O) groups excluding carboxylic acids is 5. The standard InChI is InChI=1S/C14H20O9/c1-7(20-8(2)16)13(22-10(4)18)14(23-11(5)19)12(6-15)21-9(3)17/h6-7,12-14H,1-5H3/t7-,12-,13-,14-/m1/s1. The van der Waals surface area contributed by atoms with Crippen molar-refractivity contribution in [3.8, 4) is 0 Å². The zero-order valence-corrected chi connectivity index (χ0v) is 13.6. The molecule has 0 saturated heterocycles. The molecule has 0 saturated carbocycles. The molecule has 0 unspecified atom stereocenters. The molecule has 0 fully saturated rings. The average molecular weight is 332 g/mol. The lowest BCUT2D eigenvalue weighted by atomic mass is 10.0. The SMILES string of the molecule is CC(=O)O[C@@H]([C@H](OC(C)=O)[C@@H](C=O)OC(C)=O)[C@@H](C)OC(C)=O. The predicted octanol–water partition coefficient (Wildman–Crippen LogP) is -0.0680. The maximum atomic E-state index is 11.3. The Labute approximate surface area is 133 Å². The summed E-state index contributed by atoms with van der Waals surface area (Å²) in [5.74, 6) is -3.05. The van der Waals surface area contributed by atoms with Gasteiger partial charge in [0.25, 0.3) is 0 Å². The topological polar surface area (TPSA) is 122 Å². The van der Waals surface area contributed by atoms with Crippen LogP contribution >= 0.6 is 0 Å². The Hall–Kier alpha value is -2.45. The molecule has 4 atom stereocenters. The van der Waals surface area contributed by atoms with E-state index in [-0.39, 0.29) is 6.29 Å². The van der Waals surface area contributed by atoms with Gasteiger partial charge in [-0.3, -0.25) is 24.0 Å². The number of esters is 4. The van der Waals surface area contributed by atoms with Crippen LogP contribution in [0.1, 0.15) is 34.6 Å². The van der Waals surface area contributed by atoms with Crippen molar-refractivity contribution in [1.29, 1.82) is 0 Å². The summed E-state index contributed by atoms with van der Waals surface area (Å²) in [4.78, 5) is 55.9. The van der Waals surface area contributed by atoms with Gasteiger partial charge in [-0.1, -0.05) is 0 Å². The van der Waals surface area contributed by atoms with Crippen LogP contribution in [0.4, 0.5) is 0 Å². The number of hydrogen-bond acceptors (Lipinski definition) is 9. The van der Waals surface area contributed by atoms with Crippen molar-refractivity contribution in [1.82, 2.24) is 0 Å². The normalized spacial score (nSPS) is 15.3. The third-order valence-electron chi connectivity index (χ3n) is 2.50. The van der Waals surface area contributed by atoms with Gasteiger partial charge < -0.3 is 18.9 Å². The highest BCUT2D eigenvalue weighted by molar-refractivity contribution is 5.72. The predicted molar refractivity (Wildman–Crippen MR) is 74.0 cm³/mol. The van der Waals surface area contributed by atoms with Crippen LogP contribution in [0.5, 0.6) is 0 Å². The second-order valence-electron chi connectivity index (χ2n) is 4.67.